The van der Waals surface area contributed by atoms with Crippen LogP contribution in [-0.2, 0) is 0 Å². The minimum absolute atomic E-state index is 0.131. The van der Waals surface area contributed by atoms with Crippen LogP contribution in [0, 0.1) is 0 Å². The largest absolute Gasteiger partial charge is 0.371 e. The Morgan fingerprint density at radius 1 is 1.30 bits per heavy atom. The van der Waals surface area contributed by atoms with E-state index in [1.165, 1.54) is 5.69 Å². The molecule has 1 saturated heterocycles. The van der Waals surface area contributed by atoms with E-state index in [4.69, 9.17) is 0 Å². The number of hydrogen-bond donors (Lipinski definition) is 2. The number of tetrazole rings is 1. The lowest BCUT2D eigenvalue weighted by Gasteiger charge is -2.34. The van der Waals surface area contributed by atoms with Gasteiger partial charge in [-0.3, -0.25) is 4.98 Å². The summed E-state index contributed by atoms with van der Waals surface area (Å²) in [6.07, 6.45) is 5.92. The molecule has 0 aliphatic carbocycles. The van der Waals surface area contributed by atoms with Gasteiger partial charge in [-0.2, -0.15) is 5.21 Å². The lowest BCUT2D eigenvalue weighted by molar-refractivity contribution is 0.374. The molecule has 7 heteroatoms. The third-order valence-corrected chi connectivity index (χ3v) is 3.76. The standard InChI is InChI=1S/C13H19N7/c1-10(13-16-18-19-17-13)15-11-4-8-20(9-5-11)12-2-6-14-7-3-12/h2-3,6-7,10-11,15H,4-5,8-9H2,1H3,(H,16,17,18,19). The number of nitrogens with one attached hydrogen (secondary N) is 2. The Balaban J connectivity index is 1.51. The number of nitrogens with zero attached hydrogens (tertiary/aromatic N) is 5. The van der Waals surface area contributed by atoms with Crippen molar-refractivity contribution in [2.24, 2.45) is 0 Å². The zero-order valence-corrected chi connectivity index (χ0v) is 11.5. The fourth-order valence-electron chi connectivity index (χ4n) is 2.64. The molecule has 0 spiro atoms. The Morgan fingerprint density at radius 2 is 2.05 bits per heavy atom. The summed E-state index contributed by atoms with van der Waals surface area (Å²) in [5, 5.41) is 17.7. The van der Waals surface area contributed by atoms with Crippen molar-refractivity contribution in [3.05, 3.63) is 30.4 Å². The molecular weight excluding hydrogens is 254 g/mol. The Hall–Kier alpha value is -2.02. The van der Waals surface area contributed by atoms with Crippen molar-refractivity contribution >= 4 is 5.69 Å². The highest BCUT2D eigenvalue weighted by Gasteiger charge is 2.22. The van der Waals surface area contributed by atoms with Crippen LogP contribution in [0.25, 0.3) is 0 Å². The normalized spacial score (nSPS) is 18.1. The van der Waals surface area contributed by atoms with E-state index in [1.54, 1.807) is 0 Å². The van der Waals surface area contributed by atoms with Crippen molar-refractivity contribution < 1.29 is 0 Å². The highest BCUT2D eigenvalue weighted by molar-refractivity contribution is 5.44. The van der Waals surface area contributed by atoms with Crippen molar-refractivity contribution in [1.29, 1.82) is 0 Å². The van der Waals surface area contributed by atoms with Gasteiger partial charge in [0.2, 0.25) is 0 Å². The van der Waals surface area contributed by atoms with Gasteiger partial charge in [0.1, 0.15) is 0 Å². The Morgan fingerprint density at radius 3 is 2.70 bits per heavy atom. The van der Waals surface area contributed by atoms with E-state index >= 15 is 0 Å². The maximum Gasteiger partial charge on any atom is 0.191 e. The fraction of sp³-hybridized carbons (Fsp3) is 0.538. The number of H-pyrrole nitrogens is 1. The van der Waals surface area contributed by atoms with Crippen LogP contribution >= 0.6 is 0 Å². The average Bonchev–Trinajstić information content (AvgIpc) is 3.03. The first kappa shape index (κ1) is 13.0. The van der Waals surface area contributed by atoms with Gasteiger partial charge in [-0.15, -0.1) is 10.2 Å². The van der Waals surface area contributed by atoms with Gasteiger partial charge in [-0.05, 0) is 31.9 Å². The van der Waals surface area contributed by atoms with Crippen LogP contribution in [0.5, 0.6) is 0 Å². The molecule has 1 aliphatic heterocycles. The van der Waals surface area contributed by atoms with E-state index in [9.17, 15) is 0 Å². The second kappa shape index (κ2) is 5.96. The quantitative estimate of drug-likeness (QED) is 0.861. The molecule has 2 aromatic heterocycles. The van der Waals surface area contributed by atoms with Gasteiger partial charge < -0.3 is 10.2 Å². The van der Waals surface area contributed by atoms with Gasteiger partial charge in [-0.1, -0.05) is 5.21 Å². The smallest absolute Gasteiger partial charge is 0.191 e. The highest BCUT2D eigenvalue weighted by atomic mass is 15.5. The number of piperidine rings is 1. The number of aromatic nitrogens is 5. The molecule has 0 radical (unpaired) electrons. The third kappa shape index (κ3) is 2.93. The SMILES string of the molecule is CC(NC1CCN(c2ccncc2)CC1)c1nn[nH]n1. The summed E-state index contributed by atoms with van der Waals surface area (Å²) < 4.78 is 0. The van der Waals surface area contributed by atoms with E-state index in [0.717, 1.165) is 31.8 Å². The van der Waals surface area contributed by atoms with E-state index in [-0.39, 0.29) is 6.04 Å². The average molecular weight is 273 g/mol. The van der Waals surface area contributed by atoms with E-state index < -0.39 is 0 Å². The summed E-state index contributed by atoms with van der Waals surface area (Å²) in [7, 11) is 0. The Bertz CT molecular complexity index is 505. The van der Waals surface area contributed by atoms with Crippen LogP contribution in [0.1, 0.15) is 31.6 Å². The summed E-state index contributed by atoms with van der Waals surface area (Å²) in [6.45, 7) is 4.18. The van der Waals surface area contributed by atoms with Gasteiger partial charge in [0.25, 0.3) is 0 Å². The zero-order valence-electron chi connectivity index (χ0n) is 11.5. The van der Waals surface area contributed by atoms with Gasteiger partial charge in [0, 0.05) is 37.2 Å². The molecule has 1 atom stereocenters. The Labute approximate surface area is 117 Å². The summed E-state index contributed by atoms with van der Waals surface area (Å²) >= 11 is 0. The second-order valence-electron chi connectivity index (χ2n) is 5.13. The van der Waals surface area contributed by atoms with Crippen molar-refractivity contribution in [3.8, 4) is 0 Å². The third-order valence-electron chi connectivity index (χ3n) is 3.76. The van der Waals surface area contributed by atoms with Gasteiger partial charge in [-0.25, -0.2) is 0 Å². The molecule has 106 valence electrons. The van der Waals surface area contributed by atoms with Crippen LogP contribution in [-0.4, -0.2) is 44.7 Å². The van der Waals surface area contributed by atoms with E-state index in [1.807, 2.05) is 12.4 Å². The lowest BCUT2D eigenvalue weighted by Crippen LogP contribution is -2.43. The van der Waals surface area contributed by atoms with Crippen molar-refractivity contribution in [1.82, 2.24) is 30.9 Å². The molecule has 0 bridgehead atoms. The summed E-state index contributed by atoms with van der Waals surface area (Å²) in [4.78, 5) is 6.46. The maximum absolute atomic E-state index is 4.06. The van der Waals surface area contributed by atoms with Crippen LogP contribution in [0.3, 0.4) is 0 Å². The van der Waals surface area contributed by atoms with E-state index in [0.29, 0.717) is 6.04 Å². The molecule has 0 amide bonds. The molecule has 0 aromatic carbocycles. The van der Waals surface area contributed by atoms with Gasteiger partial charge in [0.05, 0.1) is 6.04 Å². The lowest BCUT2D eigenvalue weighted by atomic mass is 10.0. The monoisotopic (exact) mass is 273 g/mol. The van der Waals surface area contributed by atoms with Gasteiger partial charge >= 0.3 is 0 Å². The number of anilines is 1. The number of aromatic amines is 1. The molecule has 2 aromatic rings. The first-order valence-corrected chi connectivity index (χ1v) is 6.97. The summed E-state index contributed by atoms with van der Waals surface area (Å²) in [5.74, 6) is 0.724. The minimum Gasteiger partial charge on any atom is -0.371 e. The van der Waals surface area contributed by atoms with Crippen molar-refractivity contribution in [2.45, 2.75) is 31.8 Å². The van der Waals surface area contributed by atoms with Crippen molar-refractivity contribution in [3.63, 3.8) is 0 Å². The molecule has 1 fully saturated rings. The minimum atomic E-state index is 0.131. The molecule has 3 rings (SSSR count). The maximum atomic E-state index is 4.06. The molecular formula is C13H19N7. The summed E-state index contributed by atoms with van der Waals surface area (Å²) in [6, 6.07) is 4.76. The van der Waals surface area contributed by atoms with E-state index in [2.05, 4.69) is 54.9 Å². The summed E-state index contributed by atoms with van der Waals surface area (Å²) in [5.41, 5.74) is 1.25. The highest BCUT2D eigenvalue weighted by Crippen LogP contribution is 2.20. The zero-order chi connectivity index (χ0) is 13.8. The van der Waals surface area contributed by atoms with Crippen LogP contribution < -0.4 is 10.2 Å². The van der Waals surface area contributed by atoms with Crippen LogP contribution in [0.2, 0.25) is 0 Å². The molecule has 0 saturated carbocycles. The van der Waals surface area contributed by atoms with Crippen LogP contribution in [0.4, 0.5) is 5.69 Å². The molecule has 1 unspecified atom stereocenters. The predicted octanol–water partition coefficient (Wildman–Crippen LogP) is 0.914. The first-order chi connectivity index (χ1) is 9.83. The topological polar surface area (TPSA) is 82.6 Å². The molecule has 20 heavy (non-hydrogen) atoms. The van der Waals surface area contributed by atoms with Gasteiger partial charge in [0.15, 0.2) is 5.82 Å². The Kier molecular flexibility index (Phi) is 3.87. The number of rotatable bonds is 4. The fourth-order valence-corrected chi connectivity index (χ4v) is 2.64. The number of hydrogen-bond acceptors (Lipinski definition) is 6. The van der Waals surface area contributed by atoms with Crippen LogP contribution in [0.15, 0.2) is 24.5 Å². The molecule has 3 heterocycles. The molecule has 2 N–H and O–H groups in total. The second-order valence-corrected chi connectivity index (χ2v) is 5.13. The molecule has 1 aliphatic rings. The predicted molar refractivity (Wildman–Crippen MR) is 75.2 cm³/mol. The molecule has 7 nitrogen and oxygen atoms in total. The van der Waals surface area contributed by atoms with Crippen molar-refractivity contribution in [2.75, 3.05) is 18.0 Å². The first-order valence-electron chi connectivity index (χ1n) is 6.97. The number of pyridine rings is 1.